The molecule has 0 bridgehead atoms. The van der Waals surface area contributed by atoms with Crippen LogP contribution < -0.4 is 0 Å². The van der Waals surface area contributed by atoms with Crippen LogP contribution in [-0.2, 0) is 15.5 Å². The van der Waals surface area contributed by atoms with Crippen LogP contribution in [0.1, 0.15) is 44.1 Å². The highest BCUT2D eigenvalue weighted by Gasteiger charge is 2.56. The summed E-state index contributed by atoms with van der Waals surface area (Å²) in [4.78, 5) is 0. The van der Waals surface area contributed by atoms with Crippen LogP contribution in [0.5, 0.6) is 0 Å². The highest BCUT2D eigenvalue weighted by Crippen LogP contribution is 2.44. The van der Waals surface area contributed by atoms with Crippen LogP contribution in [0.25, 0.3) is 0 Å². The van der Waals surface area contributed by atoms with Crippen LogP contribution in [0.2, 0.25) is 6.55 Å². The first-order valence-corrected chi connectivity index (χ1v) is 13.8. The van der Waals surface area contributed by atoms with E-state index in [9.17, 15) is 0 Å². The van der Waals surface area contributed by atoms with E-state index in [0.717, 1.165) is 13.2 Å². The predicted octanol–water partition coefficient (Wildman–Crippen LogP) is 3.31. The van der Waals surface area contributed by atoms with E-state index in [1.807, 2.05) is 0 Å². The van der Waals surface area contributed by atoms with Gasteiger partial charge in [-0.2, -0.15) is 0 Å². The second-order valence-corrected chi connectivity index (χ2v) is 12.6. The van der Waals surface area contributed by atoms with Crippen molar-refractivity contribution >= 4 is 18.3 Å². The van der Waals surface area contributed by atoms with E-state index in [4.69, 9.17) is 9.47 Å². The second-order valence-electron chi connectivity index (χ2n) is 7.50. The molecule has 4 heteroatoms. The molecule has 1 aromatic rings. The maximum Gasteiger partial charge on any atom is 0.0985 e. The Bertz CT molecular complexity index is 520. The van der Waals surface area contributed by atoms with Crippen molar-refractivity contribution in [2.45, 2.75) is 61.6 Å². The molecule has 0 amide bonds. The Morgan fingerprint density at radius 2 is 1.79 bits per heavy atom. The third kappa shape index (κ3) is 3.47. The zero-order chi connectivity index (χ0) is 16.9. The summed E-state index contributed by atoms with van der Waals surface area (Å²) in [5, 5.41) is 0.0236. The Labute approximate surface area is 151 Å². The van der Waals surface area contributed by atoms with Crippen molar-refractivity contribution in [2.75, 3.05) is 13.2 Å². The molecule has 0 aliphatic carbocycles. The SMILES string of the molecule is C=C[SiH](C)C1(C2([SiH2]Cc3ccccc3)CCCCO2)CCCCO1. The van der Waals surface area contributed by atoms with Crippen molar-refractivity contribution in [1.29, 1.82) is 0 Å². The van der Waals surface area contributed by atoms with E-state index in [-0.39, 0.29) is 10.4 Å². The molecule has 3 unspecified atom stereocenters. The molecular formula is C20H32O2Si2. The summed E-state index contributed by atoms with van der Waals surface area (Å²) in [6.07, 6.45) is 7.39. The van der Waals surface area contributed by atoms with Crippen LogP contribution in [-0.4, -0.2) is 42.0 Å². The topological polar surface area (TPSA) is 18.5 Å². The Balaban J connectivity index is 1.89. The van der Waals surface area contributed by atoms with E-state index < -0.39 is 18.3 Å². The zero-order valence-electron chi connectivity index (χ0n) is 15.1. The number of hydrogen-bond acceptors (Lipinski definition) is 2. The zero-order valence-corrected chi connectivity index (χ0v) is 17.7. The number of ether oxygens (including phenoxy) is 2. The quantitative estimate of drug-likeness (QED) is 0.725. The van der Waals surface area contributed by atoms with E-state index >= 15 is 0 Å². The molecule has 24 heavy (non-hydrogen) atoms. The number of hydrogen-bond donors (Lipinski definition) is 0. The summed E-state index contributed by atoms with van der Waals surface area (Å²) in [6.45, 7) is 8.43. The molecule has 2 aliphatic rings. The van der Waals surface area contributed by atoms with Crippen molar-refractivity contribution < 1.29 is 9.47 Å². The summed E-state index contributed by atoms with van der Waals surface area (Å²) in [7, 11) is -1.67. The lowest BCUT2D eigenvalue weighted by Crippen LogP contribution is -2.69. The third-order valence-corrected chi connectivity index (χ3v) is 12.5. The van der Waals surface area contributed by atoms with Gasteiger partial charge in [0.1, 0.15) is 0 Å². The van der Waals surface area contributed by atoms with Crippen LogP contribution in [0, 0.1) is 0 Å². The Morgan fingerprint density at radius 3 is 2.38 bits per heavy atom. The van der Waals surface area contributed by atoms with Crippen molar-refractivity contribution in [3.63, 3.8) is 0 Å². The fourth-order valence-electron chi connectivity index (χ4n) is 4.73. The molecule has 0 N–H and O–H groups in total. The third-order valence-electron chi connectivity index (χ3n) is 6.18. The molecule has 0 aromatic heterocycles. The molecule has 0 saturated carbocycles. The van der Waals surface area contributed by atoms with Gasteiger partial charge in [-0.15, -0.1) is 12.3 Å². The second kappa shape index (κ2) is 8.13. The molecule has 2 heterocycles. The van der Waals surface area contributed by atoms with E-state index in [2.05, 4.69) is 49.2 Å². The van der Waals surface area contributed by atoms with Gasteiger partial charge in [-0.1, -0.05) is 42.4 Å². The number of benzene rings is 1. The smallest absolute Gasteiger partial charge is 0.0985 e. The molecule has 3 rings (SSSR count). The lowest BCUT2D eigenvalue weighted by atomic mass is 9.96. The largest absolute Gasteiger partial charge is 0.377 e. The van der Waals surface area contributed by atoms with E-state index in [0.29, 0.717) is 0 Å². The molecule has 2 nitrogen and oxygen atoms in total. The molecule has 2 fully saturated rings. The number of rotatable bonds is 6. The van der Waals surface area contributed by atoms with Gasteiger partial charge in [-0.3, -0.25) is 0 Å². The fraction of sp³-hybridized carbons (Fsp3) is 0.600. The summed E-state index contributed by atoms with van der Waals surface area (Å²) in [5.74, 6) is 0. The van der Waals surface area contributed by atoms with Crippen molar-refractivity contribution in [1.82, 2.24) is 0 Å². The van der Waals surface area contributed by atoms with Crippen molar-refractivity contribution in [2.24, 2.45) is 0 Å². The van der Waals surface area contributed by atoms with E-state index in [1.165, 1.54) is 50.1 Å². The van der Waals surface area contributed by atoms with Crippen molar-refractivity contribution in [3.8, 4) is 0 Å². The average Bonchev–Trinajstić information content (AvgIpc) is 2.67. The molecule has 1 aromatic carbocycles. The van der Waals surface area contributed by atoms with Gasteiger partial charge < -0.3 is 9.47 Å². The summed E-state index contributed by atoms with van der Waals surface area (Å²) in [5.41, 5.74) is 3.71. The monoisotopic (exact) mass is 360 g/mol. The van der Waals surface area contributed by atoms with Crippen LogP contribution in [0.15, 0.2) is 42.6 Å². The van der Waals surface area contributed by atoms with Gasteiger partial charge in [0.15, 0.2) is 0 Å². The molecule has 2 saturated heterocycles. The summed E-state index contributed by atoms with van der Waals surface area (Å²) in [6, 6.07) is 12.2. The first-order valence-electron chi connectivity index (χ1n) is 9.67. The summed E-state index contributed by atoms with van der Waals surface area (Å²) >= 11 is 0. The Hall–Kier alpha value is -0.686. The highest BCUT2D eigenvalue weighted by atomic mass is 28.3. The molecular weight excluding hydrogens is 328 g/mol. The highest BCUT2D eigenvalue weighted by molar-refractivity contribution is 6.68. The molecule has 132 valence electrons. The minimum atomic E-state index is -1.21. The van der Waals surface area contributed by atoms with Gasteiger partial charge in [0.25, 0.3) is 0 Å². The van der Waals surface area contributed by atoms with Gasteiger partial charge in [0, 0.05) is 13.2 Å². The Kier molecular flexibility index (Phi) is 6.14. The lowest BCUT2D eigenvalue weighted by molar-refractivity contribution is -0.162. The molecule has 0 radical (unpaired) electrons. The van der Waals surface area contributed by atoms with Gasteiger partial charge >= 0.3 is 0 Å². The average molecular weight is 361 g/mol. The first kappa shape index (κ1) is 18.1. The minimum Gasteiger partial charge on any atom is -0.377 e. The maximum absolute atomic E-state index is 6.68. The van der Waals surface area contributed by atoms with E-state index in [1.54, 1.807) is 0 Å². The van der Waals surface area contributed by atoms with Gasteiger partial charge in [-0.25, -0.2) is 0 Å². The lowest BCUT2D eigenvalue weighted by Gasteiger charge is -2.56. The Morgan fingerprint density at radius 1 is 1.08 bits per heavy atom. The molecule has 2 aliphatic heterocycles. The normalized spacial score (nSPS) is 32.7. The molecule has 0 spiro atoms. The summed E-state index contributed by atoms with van der Waals surface area (Å²) < 4.78 is 13.3. The van der Waals surface area contributed by atoms with Crippen LogP contribution >= 0.6 is 0 Å². The van der Waals surface area contributed by atoms with Gasteiger partial charge in [0.2, 0.25) is 0 Å². The van der Waals surface area contributed by atoms with Gasteiger partial charge in [-0.05, 0) is 44.6 Å². The first-order chi connectivity index (χ1) is 11.7. The van der Waals surface area contributed by atoms with Crippen LogP contribution in [0.3, 0.4) is 0 Å². The minimum absolute atomic E-state index is 0.00553. The van der Waals surface area contributed by atoms with Crippen molar-refractivity contribution in [3.05, 3.63) is 48.2 Å². The fourth-order valence-corrected chi connectivity index (χ4v) is 11.1. The van der Waals surface area contributed by atoms with Gasteiger partial charge in [0.05, 0.1) is 28.8 Å². The van der Waals surface area contributed by atoms with Crippen LogP contribution in [0.4, 0.5) is 0 Å². The maximum atomic E-state index is 6.68. The standard InChI is InChI=1S/C20H32O2Si2/c1-3-24(2)20(14-8-10-16-22-20)19(13-7-9-15-21-19)23-17-18-11-5-4-6-12-18/h3-6,11-12,24H,1,7-10,13-17,23H2,2H3. The predicted molar refractivity (Wildman–Crippen MR) is 107 cm³/mol. The molecule has 3 atom stereocenters.